The lowest BCUT2D eigenvalue weighted by Crippen LogP contribution is -2.14. The van der Waals surface area contributed by atoms with E-state index in [-0.39, 0.29) is 30.4 Å². The normalized spacial score (nSPS) is 10.5. The molecule has 0 saturated heterocycles. The molecule has 3 aromatic rings. The molecule has 7 nitrogen and oxygen atoms in total. The molecule has 0 bridgehead atoms. The van der Waals surface area contributed by atoms with E-state index < -0.39 is 5.97 Å². The van der Waals surface area contributed by atoms with Crippen LogP contribution in [-0.2, 0) is 14.4 Å². The Balaban J connectivity index is 1.50. The first-order chi connectivity index (χ1) is 14.9. The van der Waals surface area contributed by atoms with Gasteiger partial charge in [0.1, 0.15) is 0 Å². The highest BCUT2D eigenvalue weighted by Gasteiger charge is 2.10. The van der Waals surface area contributed by atoms with E-state index in [1.165, 1.54) is 28.7 Å². The molecule has 9 heteroatoms. The van der Waals surface area contributed by atoms with Crippen LogP contribution in [0.3, 0.4) is 0 Å². The zero-order valence-corrected chi connectivity index (χ0v) is 18.4. The number of carbonyl (C=O) groups is 3. The Morgan fingerprint density at radius 2 is 1.81 bits per heavy atom. The van der Waals surface area contributed by atoms with Crippen molar-refractivity contribution in [3.05, 3.63) is 59.5 Å². The second-order valence-electron chi connectivity index (χ2n) is 6.71. The van der Waals surface area contributed by atoms with E-state index in [1.54, 1.807) is 18.2 Å². The third-order valence-electron chi connectivity index (χ3n) is 4.15. The minimum Gasteiger partial charge on any atom is -0.481 e. The minimum atomic E-state index is -1.02. The number of rotatable bonds is 9. The van der Waals surface area contributed by atoms with E-state index >= 15 is 0 Å². The summed E-state index contributed by atoms with van der Waals surface area (Å²) < 4.78 is 0. The summed E-state index contributed by atoms with van der Waals surface area (Å²) in [5.41, 5.74) is 3.55. The van der Waals surface area contributed by atoms with Gasteiger partial charge in [-0.2, -0.15) is 0 Å². The number of carboxylic acid groups (broad SMARTS) is 1. The van der Waals surface area contributed by atoms with E-state index in [1.807, 2.05) is 42.6 Å². The summed E-state index contributed by atoms with van der Waals surface area (Å²) in [6.45, 7) is 2.03. The predicted octanol–water partition coefficient (Wildman–Crippen LogP) is 4.65. The maximum atomic E-state index is 12.3. The molecule has 0 aliphatic heterocycles. The van der Waals surface area contributed by atoms with Crippen LogP contribution in [0, 0.1) is 6.92 Å². The highest BCUT2D eigenvalue weighted by Crippen LogP contribution is 2.26. The standard InChI is InChI=1S/C22H21N3O4S2/c1-14-5-7-15(8-6-14)18-12-31-22(24-18)25-20(27)13-30-17-4-2-3-16(11-17)23-19(26)9-10-21(28)29/h2-8,11-12H,9-10,13H2,1H3,(H,23,26)(H,28,29)(H,24,25,27). The molecule has 0 aliphatic carbocycles. The molecular weight excluding hydrogens is 434 g/mol. The lowest BCUT2D eigenvalue weighted by atomic mass is 10.1. The Hall–Kier alpha value is -3.17. The molecule has 1 aromatic heterocycles. The largest absolute Gasteiger partial charge is 0.481 e. The van der Waals surface area contributed by atoms with Crippen molar-refractivity contribution in [2.75, 3.05) is 16.4 Å². The van der Waals surface area contributed by atoms with Crippen molar-refractivity contribution in [1.82, 2.24) is 4.98 Å². The molecule has 31 heavy (non-hydrogen) atoms. The number of thioether (sulfide) groups is 1. The van der Waals surface area contributed by atoms with Gasteiger partial charge in [-0.15, -0.1) is 23.1 Å². The molecular formula is C22H21N3O4S2. The monoisotopic (exact) mass is 455 g/mol. The first kappa shape index (κ1) is 22.5. The molecule has 1 heterocycles. The third-order valence-corrected chi connectivity index (χ3v) is 5.90. The Kier molecular flexibility index (Phi) is 7.80. The summed E-state index contributed by atoms with van der Waals surface area (Å²) >= 11 is 2.70. The number of anilines is 2. The summed E-state index contributed by atoms with van der Waals surface area (Å²) in [7, 11) is 0. The van der Waals surface area contributed by atoms with Crippen molar-refractivity contribution < 1.29 is 19.5 Å². The zero-order valence-electron chi connectivity index (χ0n) is 16.8. The van der Waals surface area contributed by atoms with Crippen LogP contribution in [0.1, 0.15) is 18.4 Å². The number of thiazole rings is 1. The Bertz CT molecular complexity index is 1080. The Morgan fingerprint density at radius 3 is 2.55 bits per heavy atom. The van der Waals surface area contributed by atoms with Crippen LogP contribution < -0.4 is 10.6 Å². The van der Waals surface area contributed by atoms with Crippen molar-refractivity contribution in [2.45, 2.75) is 24.7 Å². The van der Waals surface area contributed by atoms with Crippen LogP contribution >= 0.6 is 23.1 Å². The van der Waals surface area contributed by atoms with Crippen molar-refractivity contribution in [1.29, 1.82) is 0 Å². The highest BCUT2D eigenvalue weighted by molar-refractivity contribution is 8.00. The number of hydrogen-bond acceptors (Lipinski definition) is 6. The lowest BCUT2D eigenvalue weighted by molar-refractivity contribution is -0.138. The van der Waals surface area contributed by atoms with Gasteiger partial charge < -0.3 is 15.7 Å². The number of nitrogens with zero attached hydrogens (tertiary/aromatic N) is 1. The van der Waals surface area contributed by atoms with E-state index in [4.69, 9.17) is 5.11 Å². The molecule has 0 fully saturated rings. The van der Waals surface area contributed by atoms with Crippen LogP contribution in [-0.4, -0.2) is 33.6 Å². The summed E-state index contributed by atoms with van der Waals surface area (Å²) in [5, 5.41) is 16.6. The van der Waals surface area contributed by atoms with Gasteiger partial charge in [-0.05, 0) is 25.1 Å². The number of carbonyl (C=O) groups excluding carboxylic acids is 2. The number of aromatic nitrogens is 1. The van der Waals surface area contributed by atoms with Gasteiger partial charge in [0.2, 0.25) is 11.8 Å². The first-order valence-electron chi connectivity index (χ1n) is 9.46. The molecule has 0 spiro atoms. The van der Waals surface area contributed by atoms with E-state index in [2.05, 4.69) is 15.6 Å². The van der Waals surface area contributed by atoms with Crippen molar-refractivity contribution in [3.8, 4) is 11.3 Å². The van der Waals surface area contributed by atoms with Crippen LogP contribution in [0.5, 0.6) is 0 Å². The molecule has 2 aromatic carbocycles. The quantitative estimate of drug-likeness (QED) is 0.405. The molecule has 0 aliphatic rings. The second-order valence-corrected chi connectivity index (χ2v) is 8.62. The average molecular weight is 456 g/mol. The topological polar surface area (TPSA) is 108 Å². The van der Waals surface area contributed by atoms with E-state index in [9.17, 15) is 14.4 Å². The van der Waals surface area contributed by atoms with Crippen molar-refractivity contribution >= 4 is 51.7 Å². The van der Waals surface area contributed by atoms with Crippen LogP contribution in [0.2, 0.25) is 0 Å². The van der Waals surface area contributed by atoms with Crippen molar-refractivity contribution in [2.24, 2.45) is 0 Å². The molecule has 2 amide bonds. The highest BCUT2D eigenvalue weighted by atomic mass is 32.2. The lowest BCUT2D eigenvalue weighted by Gasteiger charge is -2.07. The van der Waals surface area contributed by atoms with Gasteiger partial charge in [0.25, 0.3) is 0 Å². The predicted molar refractivity (Wildman–Crippen MR) is 124 cm³/mol. The number of benzene rings is 2. The zero-order chi connectivity index (χ0) is 22.2. The summed E-state index contributed by atoms with van der Waals surface area (Å²) in [4.78, 5) is 39.9. The molecule has 3 rings (SSSR count). The maximum absolute atomic E-state index is 12.3. The molecule has 3 N–H and O–H groups in total. The molecule has 0 unspecified atom stereocenters. The van der Waals surface area contributed by atoms with E-state index in [0.717, 1.165) is 16.2 Å². The fourth-order valence-electron chi connectivity index (χ4n) is 2.60. The number of aryl methyl sites for hydroxylation is 1. The van der Waals surface area contributed by atoms with Crippen LogP contribution in [0.15, 0.2) is 58.8 Å². The number of hydrogen-bond donors (Lipinski definition) is 3. The second kappa shape index (κ2) is 10.7. The summed E-state index contributed by atoms with van der Waals surface area (Å²) in [6, 6.07) is 15.1. The third kappa shape index (κ3) is 7.23. The van der Waals surface area contributed by atoms with Gasteiger partial charge in [-0.25, -0.2) is 4.98 Å². The Morgan fingerprint density at radius 1 is 1.03 bits per heavy atom. The fourth-order valence-corrected chi connectivity index (χ4v) is 4.09. The van der Waals surface area contributed by atoms with Gasteiger partial charge in [0.15, 0.2) is 5.13 Å². The SMILES string of the molecule is Cc1ccc(-c2csc(NC(=O)CSc3cccc(NC(=O)CCC(=O)O)c3)n2)cc1. The fraction of sp³-hybridized carbons (Fsp3) is 0.182. The molecule has 0 saturated carbocycles. The number of nitrogens with one attached hydrogen (secondary N) is 2. The van der Waals surface area contributed by atoms with Gasteiger partial charge in [0.05, 0.1) is 17.9 Å². The molecule has 160 valence electrons. The first-order valence-corrected chi connectivity index (χ1v) is 11.3. The van der Waals surface area contributed by atoms with Gasteiger partial charge in [-0.3, -0.25) is 14.4 Å². The Labute approximate surface area is 187 Å². The summed E-state index contributed by atoms with van der Waals surface area (Å²) in [6.07, 6.45) is -0.309. The number of aliphatic carboxylic acids is 1. The van der Waals surface area contributed by atoms with Gasteiger partial charge in [0, 0.05) is 27.9 Å². The molecule has 0 atom stereocenters. The van der Waals surface area contributed by atoms with Gasteiger partial charge >= 0.3 is 5.97 Å². The van der Waals surface area contributed by atoms with Gasteiger partial charge in [-0.1, -0.05) is 35.9 Å². The maximum Gasteiger partial charge on any atom is 0.303 e. The minimum absolute atomic E-state index is 0.0898. The van der Waals surface area contributed by atoms with Crippen molar-refractivity contribution in [3.63, 3.8) is 0 Å². The van der Waals surface area contributed by atoms with Crippen LogP contribution in [0.25, 0.3) is 11.3 Å². The smallest absolute Gasteiger partial charge is 0.303 e. The summed E-state index contributed by atoms with van der Waals surface area (Å²) in [5.74, 6) is -1.37. The van der Waals surface area contributed by atoms with Crippen LogP contribution in [0.4, 0.5) is 10.8 Å². The number of carboxylic acids is 1. The average Bonchev–Trinajstić information content (AvgIpc) is 3.20. The molecule has 0 radical (unpaired) electrons. The van der Waals surface area contributed by atoms with E-state index in [0.29, 0.717) is 10.8 Å². The number of amides is 2.